The molecule has 1 rings (SSSR count). The Morgan fingerprint density at radius 1 is 1.65 bits per heavy atom. The molecule has 0 saturated carbocycles. The molecule has 0 aliphatic rings. The second-order valence-corrected chi connectivity index (χ2v) is 4.47. The van der Waals surface area contributed by atoms with E-state index in [1.807, 2.05) is 0 Å². The van der Waals surface area contributed by atoms with Crippen molar-refractivity contribution in [1.29, 1.82) is 0 Å². The fourth-order valence-corrected chi connectivity index (χ4v) is 1.77. The molecule has 17 heavy (non-hydrogen) atoms. The zero-order valence-electron chi connectivity index (χ0n) is 9.68. The molecule has 1 aromatic carbocycles. The largest absolute Gasteiger partial charge is 0.507 e. The average Bonchev–Trinajstić information content (AvgIpc) is 2.31. The smallest absolute Gasteiger partial charge is 0.263 e. The zero-order chi connectivity index (χ0) is 13.0. The second kappa shape index (κ2) is 6.00. The van der Waals surface area contributed by atoms with E-state index in [0.717, 1.165) is 10.6 Å². The van der Waals surface area contributed by atoms with Gasteiger partial charge in [0.05, 0.1) is 17.6 Å². The minimum atomic E-state index is -0.670. The number of hydroxylamine groups is 2. The number of phenolic OH excluding ortho intramolecular Hbond substituents is 1. The van der Waals surface area contributed by atoms with Gasteiger partial charge in [0.15, 0.2) is 0 Å². The maximum Gasteiger partial charge on any atom is 0.263 e. The third-order valence-corrected chi connectivity index (χ3v) is 3.00. The van der Waals surface area contributed by atoms with Crippen molar-refractivity contribution in [1.82, 2.24) is 5.06 Å². The van der Waals surface area contributed by atoms with Crippen molar-refractivity contribution in [2.45, 2.75) is 12.5 Å². The number of benzene rings is 1. The molecular weight excluding hydrogens is 288 g/mol. The predicted octanol–water partition coefficient (Wildman–Crippen LogP) is 1.04. The Morgan fingerprint density at radius 2 is 2.29 bits per heavy atom. The molecule has 0 aromatic heterocycles. The molecule has 0 fully saturated rings. The number of halogens is 1. The lowest BCUT2D eigenvalue weighted by atomic mass is 10.1. The molecule has 0 radical (unpaired) electrons. The first-order valence-corrected chi connectivity index (χ1v) is 5.79. The molecular formula is C11H15BrN2O3. The maximum atomic E-state index is 11.6. The molecule has 94 valence electrons. The highest BCUT2D eigenvalue weighted by molar-refractivity contribution is 9.10. The van der Waals surface area contributed by atoms with Crippen LogP contribution < -0.4 is 5.73 Å². The van der Waals surface area contributed by atoms with Gasteiger partial charge in [-0.1, -0.05) is 6.07 Å². The first-order valence-electron chi connectivity index (χ1n) is 5.00. The van der Waals surface area contributed by atoms with E-state index in [0.29, 0.717) is 10.9 Å². The summed E-state index contributed by atoms with van der Waals surface area (Å²) < 4.78 is 0.578. The summed E-state index contributed by atoms with van der Waals surface area (Å²) in [4.78, 5) is 16.4. The number of rotatable bonds is 4. The van der Waals surface area contributed by atoms with Crippen LogP contribution in [0.3, 0.4) is 0 Å². The van der Waals surface area contributed by atoms with E-state index in [1.54, 1.807) is 18.2 Å². The highest BCUT2D eigenvalue weighted by atomic mass is 79.9. The van der Waals surface area contributed by atoms with Gasteiger partial charge in [-0.15, -0.1) is 0 Å². The van der Waals surface area contributed by atoms with Crippen LogP contribution in [0.5, 0.6) is 5.75 Å². The summed E-state index contributed by atoms with van der Waals surface area (Å²) in [6, 6.07) is 4.34. The van der Waals surface area contributed by atoms with Gasteiger partial charge in [-0.25, -0.2) is 5.06 Å². The van der Waals surface area contributed by atoms with Gasteiger partial charge in [0, 0.05) is 7.05 Å². The Balaban J connectivity index is 2.71. The number of likely N-dealkylation sites (N-methyl/N-ethyl adjacent to an activating group) is 1. The van der Waals surface area contributed by atoms with Crippen molar-refractivity contribution in [3.8, 4) is 5.75 Å². The van der Waals surface area contributed by atoms with Gasteiger partial charge in [0.2, 0.25) is 0 Å². The lowest BCUT2D eigenvalue weighted by Gasteiger charge is -2.18. The molecule has 3 N–H and O–H groups in total. The summed E-state index contributed by atoms with van der Waals surface area (Å²) in [6.07, 6.45) is 0.380. The average molecular weight is 303 g/mol. The van der Waals surface area contributed by atoms with Gasteiger partial charge in [0.1, 0.15) is 5.75 Å². The zero-order valence-corrected chi connectivity index (χ0v) is 11.3. The predicted molar refractivity (Wildman–Crippen MR) is 67.3 cm³/mol. The van der Waals surface area contributed by atoms with E-state index in [2.05, 4.69) is 15.9 Å². The fourth-order valence-electron chi connectivity index (χ4n) is 1.34. The minimum absolute atomic E-state index is 0.155. The summed E-state index contributed by atoms with van der Waals surface area (Å²) >= 11 is 3.20. The van der Waals surface area contributed by atoms with E-state index >= 15 is 0 Å². The van der Waals surface area contributed by atoms with Crippen molar-refractivity contribution in [2.24, 2.45) is 5.73 Å². The van der Waals surface area contributed by atoms with Crippen molar-refractivity contribution in [3.05, 3.63) is 28.2 Å². The minimum Gasteiger partial charge on any atom is -0.507 e. The number of nitrogens with zero attached hydrogens (tertiary/aromatic N) is 1. The normalized spacial score (nSPS) is 12.2. The van der Waals surface area contributed by atoms with Crippen LogP contribution in [0, 0.1) is 0 Å². The molecule has 0 bridgehead atoms. The summed E-state index contributed by atoms with van der Waals surface area (Å²) in [5.74, 6) is -0.139. The van der Waals surface area contributed by atoms with E-state index in [4.69, 9.17) is 10.6 Å². The van der Waals surface area contributed by atoms with Crippen molar-refractivity contribution < 1.29 is 14.7 Å². The first-order chi connectivity index (χ1) is 7.95. The van der Waals surface area contributed by atoms with Crippen molar-refractivity contribution in [3.63, 3.8) is 0 Å². The number of phenols is 1. The molecule has 1 amide bonds. The highest BCUT2D eigenvalue weighted by Crippen LogP contribution is 2.24. The van der Waals surface area contributed by atoms with E-state index in [-0.39, 0.29) is 11.7 Å². The number of carbonyl (C=O) groups excluding carboxylic acids is 1. The number of amides is 1. The van der Waals surface area contributed by atoms with Crippen LogP contribution in [-0.4, -0.2) is 36.3 Å². The monoisotopic (exact) mass is 302 g/mol. The molecule has 6 heteroatoms. The molecule has 0 heterocycles. The van der Waals surface area contributed by atoms with Crippen LogP contribution in [0.1, 0.15) is 5.56 Å². The molecule has 0 saturated heterocycles. The molecule has 0 aliphatic heterocycles. The Hall–Kier alpha value is -1.11. The van der Waals surface area contributed by atoms with Crippen LogP contribution in [0.25, 0.3) is 0 Å². The molecule has 0 aliphatic carbocycles. The van der Waals surface area contributed by atoms with Crippen molar-refractivity contribution >= 4 is 21.8 Å². The quantitative estimate of drug-likeness (QED) is 0.815. The third-order valence-electron chi connectivity index (χ3n) is 2.37. The number of carbonyl (C=O) groups is 1. The van der Waals surface area contributed by atoms with Crippen LogP contribution in [0.4, 0.5) is 0 Å². The molecule has 5 nitrogen and oxygen atoms in total. The van der Waals surface area contributed by atoms with Gasteiger partial charge in [0.25, 0.3) is 5.91 Å². The summed E-state index contributed by atoms with van der Waals surface area (Å²) in [5, 5.41) is 10.4. The lowest BCUT2D eigenvalue weighted by Crippen LogP contribution is -2.42. The van der Waals surface area contributed by atoms with E-state index < -0.39 is 6.04 Å². The van der Waals surface area contributed by atoms with Crippen molar-refractivity contribution in [2.75, 3.05) is 14.2 Å². The molecule has 0 spiro atoms. The topological polar surface area (TPSA) is 75.8 Å². The second-order valence-electron chi connectivity index (χ2n) is 3.61. The Morgan fingerprint density at radius 3 is 2.82 bits per heavy atom. The number of nitrogens with two attached hydrogens (primary N) is 1. The van der Waals surface area contributed by atoms with Gasteiger partial charge in [-0.05, 0) is 40.0 Å². The van der Waals surface area contributed by atoms with Crippen LogP contribution in [0.2, 0.25) is 0 Å². The molecule has 0 unspecified atom stereocenters. The summed E-state index contributed by atoms with van der Waals surface area (Å²) in [5.41, 5.74) is 6.63. The molecule has 1 aromatic rings. The molecule has 1 atom stereocenters. The lowest BCUT2D eigenvalue weighted by molar-refractivity contribution is -0.170. The van der Waals surface area contributed by atoms with E-state index in [1.165, 1.54) is 14.2 Å². The standard InChI is InChI=1S/C11H15BrN2O3/c1-14(17-2)11(16)9(13)6-7-3-4-10(15)8(12)5-7/h3-5,9,15H,6,13H2,1-2H3/t9-/m0/s1. The first kappa shape index (κ1) is 14.0. The van der Waals surface area contributed by atoms with Gasteiger partial charge in [-0.2, -0.15) is 0 Å². The maximum absolute atomic E-state index is 11.6. The number of aromatic hydroxyl groups is 1. The fraction of sp³-hybridized carbons (Fsp3) is 0.364. The van der Waals surface area contributed by atoms with E-state index in [9.17, 15) is 9.90 Å². The Labute approximate surface area is 108 Å². The highest BCUT2D eigenvalue weighted by Gasteiger charge is 2.18. The number of hydrogen-bond acceptors (Lipinski definition) is 4. The van der Waals surface area contributed by atoms with Gasteiger partial charge >= 0.3 is 0 Å². The SMILES string of the molecule is CON(C)C(=O)[C@@H](N)Cc1ccc(O)c(Br)c1. The van der Waals surface area contributed by atoms with Crippen LogP contribution >= 0.6 is 15.9 Å². The summed E-state index contributed by atoms with van der Waals surface area (Å²) in [7, 11) is 2.91. The van der Waals surface area contributed by atoms with Crippen LogP contribution in [0.15, 0.2) is 22.7 Å². The third kappa shape index (κ3) is 3.69. The number of hydrogen-bond donors (Lipinski definition) is 2. The summed E-state index contributed by atoms with van der Waals surface area (Å²) in [6.45, 7) is 0. The Kier molecular flexibility index (Phi) is 4.92. The Bertz CT molecular complexity index is 412. The van der Waals surface area contributed by atoms with Gasteiger partial charge < -0.3 is 10.8 Å². The van der Waals surface area contributed by atoms with Gasteiger partial charge in [-0.3, -0.25) is 9.63 Å². The van der Waals surface area contributed by atoms with Crippen LogP contribution in [-0.2, 0) is 16.1 Å².